The lowest BCUT2D eigenvalue weighted by molar-refractivity contribution is -0.131. The predicted octanol–water partition coefficient (Wildman–Crippen LogP) is 2.76. The van der Waals surface area contributed by atoms with Crippen molar-refractivity contribution in [3.8, 4) is 0 Å². The third-order valence-corrected chi connectivity index (χ3v) is 2.66. The number of aromatic nitrogens is 2. The summed E-state index contributed by atoms with van der Waals surface area (Å²) >= 11 is 0. The minimum atomic E-state index is -4.15. The quantitative estimate of drug-likeness (QED) is 0.854. The van der Waals surface area contributed by atoms with Crippen molar-refractivity contribution < 1.29 is 13.2 Å². The number of rotatable bonds is 5. The Morgan fingerprint density at radius 3 is 2.50 bits per heavy atom. The van der Waals surface area contributed by atoms with E-state index in [-0.39, 0.29) is 6.54 Å². The van der Waals surface area contributed by atoms with E-state index in [1.165, 1.54) is 0 Å². The fourth-order valence-corrected chi connectivity index (χ4v) is 1.54. The lowest BCUT2D eigenvalue weighted by Crippen LogP contribution is -2.15. The van der Waals surface area contributed by atoms with Crippen LogP contribution in [0, 0.1) is 0 Å². The molecule has 2 N–H and O–H groups in total. The number of hydrogen-bond donors (Lipinski definition) is 2. The average Bonchev–Trinajstić information content (AvgIpc) is 3.10. The molecule has 1 aromatic rings. The summed E-state index contributed by atoms with van der Waals surface area (Å²) in [5, 5.41) is 5.57. The van der Waals surface area contributed by atoms with E-state index in [9.17, 15) is 13.2 Å². The highest BCUT2D eigenvalue weighted by Crippen LogP contribution is 2.38. The molecule has 0 bridgehead atoms. The van der Waals surface area contributed by atoms with Gasteiger partial charge in [-0.3, -0.25) is 0 Å². The van der Waals surface area contributed by atoms with E-state index < -0.39 is 12.6 Å². The van der Waals surface area contributed by atoms with Crippen molar-refractivity contribution in [2.45, 2.75) is 31.4 Å². The number of alkyl halides is 3. The molecule has 1 aliphatic carbocycles. The Bertz CT molecular complexity index is 415. The summed E-state index contributed by atoms with van der Waals surface area (Å²) in [6.07, 6.45) is -2.92. The van der Waals surface area contributed by atoms with E-state index in [1.54, 1.807) is 13.1 Å². The van der Waals surface area contributed by atoms with E-state index in [0.29, 0.717) is 23.4 Å². The second kappa shape index (κ2) is 4.99. The van der Waals surface area contributed by atoms with Crippen molar-refractivity contribution in [3.05, 3.63) is 11.9 Å². The zero-order chi connectivity index (χ0) is 13.2. The lowest BCUT2D eigenvalue weighted by atomic mass is 10.3. The molecular formula is C11H15F3N4. The van der Waals surface area contributed by atoms with Gasteiger partial charge in [0.05, 0.1) is 6.42 Å². The molecule has 1 aliphatic rings. The van der Waals surface area contributed by atoms with Gasteiger partial charge < -0.3 is 10.6 Å². The Kier molecular flexibility index (Phi) is 3.58. The van der Waals surface area contributed by atoms with Gasteiger partial charge in [-0.1, -0.05) is 0 Å². The van der Waals surface area contributed by atoms with E-state index in [1.807, 2.05) is 0 Å². The first-order valence-electron chi connectivity index (χ1n) is 5.85. The molecule has 1 saturated carbocycles. The van der Waals surface area contributed by atoms with Gasteiger partial charge in [-0.25, -0.2) is 9.97 Å². The summed E-state index contributed by atoms with van der Waals surface area (Å²) in [4.78, 5) is 8.52. The molecule has 0 unspecified atom stereocenters. The van der Waals surface area contributed by atoms with Gasteiger partial charge in [-0.05, 0) is 12.8 Å². The Labute approximate surface area is 103 Å². The summed E-state index contributed by atoms with van der Waals surface area (Å²) < 4.78 is 36.1. The largest absolute Gasteiger partial charge is 0.390 e. The van der Waals surface area contributed by atoms with Gasteiger partial charge in [0.15, 0.2) is 0 Å². The van der Waals surface area contributed by atoms with Crippen LogP contribution in [0.1, 0.15) is 31.0 Å². The third kappa shape index (κ3) is 3.75. The second-order valence-electron chi connectivity index (χ2n) is 4.31. The third-order valence-electron chi connectivity index (χ3n) is 2.66. The van der Waals surface area contributed by atoms with E-state index in [2.05, 4.69) is 20.6 Å². The highest BCUT2D eigenvalue weighted by molar-refractivity contribution is 5.47. The summed E-state index contributed by atoms with van der Waals surface area (Å²) in [6.45, 7) is -0.173. The summed E-state index contributed by atoms with van der Waals surface area (Å²) in [6, 6.07) is 1.61. The average molecular weight is 260 g/mol. The van der Waals surface area contributed by atoms with Gasteiger partial charge in [0, 0.05) is 25.6 Å². The number of anilines is 2. The van der Waals surface area contributed by atoms with Crippen molar-refractivity contribution in [2.24, 2.45) is 0 Å². The van der Waals surface area contributed by atoms with E-state index >= 15 is 0 Å². The molecule has 0 aromatic carbocycles. The monoisotopic (exact) mass is 260 g/mol. The topological polar surface area (TPSA) is 49.8 Å². The summed E-state index contributed by atoms with van der Waals surface area (Å²) in [5.41, 5.74) is 0. The summed E-state index contributed by atoms with van der Waals surface area (Å²) in [7, 11) is 1.72. The highest BCUT2D eigenvalue weighted by atomic mass is 19.4. The van der Waals surface area contributed by atoms with Gasteiger partial charge in [0.2, 0.25) is 0 Å². The van der Waals surface area contributed by atoms with Gasteiger partial charge >= 0.3 is 6.18 Å². The second-order valence-corrected chi connectivity index (χ2v) is 4.31. The van der Waals surface area contributed by atoms with Crippen LogP contribution in [0.5, 0.6) is 0 Å². The zero-order valence-electron chi connectivity index (χ0n) is 10.0. The summed E-state index contributed by atoms with van der Waals surface area (Å²) in [5.74, 6) is 2.14. The van der Waals surface area contributed by atoms with Crippen molar-refractivity contribution in [2.75, 3.05) is 24.2 Å². The van der Waals surface area contributed by atoms with Crippen LogP contribution in [-0.2, 0) is 0 Å². The number of nitrogens with zero attached hydrogens (tertiary/aromatic N) is 2. The van der Waals surface area contributed by atoms with Crippen LogP contribution >= 0.6 is 0 Å². The van der Waals surface area contributed by atoms with E-state index in [0.717, 1.165) is 12.8 Å². The molecule has 1 aromatic heterocycles. The van der Waals surface area contributed by atoms with Gasteiger partial charge in [-0.15, -0.1) is 0 Å². The molecule has 0 atom stereocenters. The Hall–Kier alpha value is -1.53. The maximum absolute atomic E-state index is 12.0. The molecule has 2 rings (SSSR count). The smallest absolute Gasteiger partial charge is 0.373 e. The van der Waals surface area contributed by atoms with Gasteiger partial charge in [0.25, 0.3) is 0 Å². The van der Waals surface area contributed by atoms with Gasteiger partial charge in [0.1, 0.15) is 17.5 Å². The highest BCUT2D eigenvalue weighted by Gasteiger charge is 2.28. The molecule has 1 fully saturated rings. The van der Waals surface area contributed by atoms with E-state index in [4.69, 9.17) is 0 Å². The maximum Gasteiger partial charge on any atom is 0.390 e. The molecule has 4 nitrogen and oxygen atoms in total. The lowest BCUT2D eigenvalue weighted by Gasteiger charge is -2.10. The zero-order valence-corrected chi connectivity index (χ0v) is 10.0. The van der Waals surface area contributed by atoms with Crippen LogP contribution in [0.3, 0.4) is 0 Å². The molecular weight excluding hydrogens is 245 g/mol. The SMILES string of the molecule is CNc1cc(NCCC(F)(F)F)nc(C2CC2)n1. The molecule has 0 radical (unpaired) electrons. The molecule has 1 heterocycles. The fraction of sp³-hybridized carbons (Fsp3) is 0.636. The van der Waals surface area contributed by atoms with Gasteiger partial charge in [-0.2, -0.15) is 13.2 Å². The standard InChI is InChI=1S/C11H15F3N4/c1-15-8-6-9(16-5-4-11(12,13)14)18-10(17-8)7-2-3-7/h6-7H,2-5H2,1H3,(H2,15,16,17,18). The van der Waals surface area contributed by atoms with Crippen LogP contribution in [-0.4, -0.2) is 29.7 Å². The van der Waals surface area contributed by atoms with Crippen LogP contribution in [0.4, 0.5) is 24.8 Å². The van der Waals surface area contributed by atoms with Crippen molar-refractivity contribution in [1.29, 1.82) is 0 Å². The first-order valence-corrected chi connectivity index (χ1v) is 5.85. The molecule has 100 valence electrons. The number of halogens is 3. The molecule has 18 heavy (non-hydrogen) atoms. The molecule has 0 spiro atoms. The minimum Gasteiger partial charge on any atom is -0.373 e. The number of hydrogen-bond acceptors (Lipinski definition) is 4. The Balaban J connectivity index is 2.00. The predicted molar refractivity (Wildman–Crippen MR) is 62.7 cm³/mol. The van der Waals surface area contributed by atoms with Crippen molar-refractivity contribution in [3.63, 3.8) is 0 Å². The number of nitrogens with one attached hydrogen (secondary N) is 2. The first-order chi connectivity index (χ1) is 8.48. The normalized spacial score (nSPS) is 15.6. The van der Waals surface area contributed by atoms with Crippen molar-refractivity contribution in [1.82, 2.24) is 9.97 Å². The maximum atomic E-state index is 12.0. The van der Waals surface area contributed by atoms with Crippen LogP contribution in [0.15, 0.2) is 6.07 Å². The molecule has 7 heteroatoms. The van der Waals surface area contributed by atoms with Crippen molar-refractivity contribution >= 4 is 11.6 Å². The first kappa shape index (κ1) is 12.9. The van der Waals surface area contributed by atoms with Crippen LogP contribution in [0.25, 0.3) is 0 Å². The molecule has 0 amide bonds. The van der Waals surface area contributed by atoms with Crippen LogP contribution in [0.2, 0.25) is 0 Å². The fourth-order valence-electron chi connectivity index (χ4n) is 1.54. The Morgan fingerprint density at radius 1 is 1.28 bits per heavy atom. The Morgan fingerprint density at radius 2 is 1.94 bits per heavy atom. The van der Waals surface area contributed by atoms with Crippen LogP contribution < -0.4 is 10.6 Å². The molecule has 0 saturated heterocycles. The molecule has 0 aliphatic heterocycles. The minimum absolute atomic E-state index is 0.173.